The highest BCUT2D eigenvalue weighted by atomic mass is 28.4. The van der Waals surface area contributed by atoms with Crippen molar-refractivity contribution in [3.63, 3.8) is 0 Å². The Balaban J connectivity index is 1.98. The molecule has 3 aromatic rings. The first-order chi connectivity index (χ1) is 16.6. The zero-order valence-electron chi connectivity index (χ0n) is 21.1. The molecule has 0 spiro atoms. The van der Waals surface area contributed by atoms with Gasteiger partial charge < -0.3 is 14.3 Å². The standard InChI is InChI=1S/C30H34O4Si/c1-23(28(32)21-22-29(33-24(2)31)25-15-9-6-10-16-25)34-35(30(3,4)5,26-17-11-7-12-18-26)27-19-13-8-14-20-27/h6-20,23,28-29,32H,1-5H3/t23-,28-,29+/m0/s1. The number of rotatable bonds is 7. The second-order valence-electron chi connectivity index (χ2n) is 9.62. The van der Waals surface area contributed by atoms with Crippen molar-refractivity contribution >= 4 is 24.7 Å². The number of ether oxygens (including phenoxy) is 1. The Morgan fingerprint density at radius 1 is 0.829 bits per heavy atom. The molecule has 3 atom stereocenters. The highest BCUT2D eigenvalue weighted by Gasteiger charge is 2.51. The van der Waals surface area contributed by atoms with E-state index in [-0.39, 0.29) is 5.04 Å². The van der Waals surface area contributed by atoms with Gasteiger partial charge in [0.1, 0.15) is 6.10 Å². The van der Waals surface area contributed by atoms with E-state index in [4.69, 9.17) is 9.16 Å². The number of carbonyl (C=O) groups excluding carboxylic acids is 1. The van der Waals surface area contributed by atoms with Crippen LogP contribution in [0.5, 0.6) is 0 Å². The van der Waals surface area contributed by atoms with Crippen LogP contribution in [0.25, 0.3) is 0 Å². The summed E-state index contributed by atoms with van der Waals surface area (Å²) in [6.45, 7) is 9.77. The van der Waals surface area contributed by atoms with Crippen molar-refractivity contribution in [3.8, 4) is 11.8 Å². The molecule has 0 unspecified atom stereocenters. The lowest BCUT2D eigenvalue weighted by Gasteiger charge is -2.45. The average molecular weight is 487 g/mol. The summed E-state index contributed by atoms with van der Waals surface area (Å²) in [7, 11) is -2.83. The van der Waals surface area contributed by atoms with E-state index in [1.54, 1.807) is 0 Å². The molecule has 0 aromatic heterocycles. The Hall–Kier alpha value is -3.17. The minimum absolute atomic E-state index is 0.221. The third-order valence-corrected chi connectivity index (χ3v) is 11.1. The van der Waals surface area contributed by atoms with E-state index < -0.39 is 32.6 Å². The van der Waals surface area contributed by atoms with Gasteiger partial charge in [0, 0.05) is 12.5 Å². The van der Waals surface area contributed by atoms with Gasteiger partial charge in [-0.1, -0.05) is 124 Å². The van der Waals surface area contributed by atoms with Crippen molar-refractivity contribution < 1.29 is 19.1 Å². The number of benzene rings is 3. The average Bonchev–Trinajstić information content (AvgIpc) is 2.85. The van der Waals surface area contributed by atoms with Crippen LogP contribution in [0.1, 0.15) is 46.3 Å². The van der Waals surface area contributed by atoms with E-state index in [2.05, 4.69) is 56.9 Å². The van der Waals surface area contributed by atoms with E-state index in [0.29, 0.717) is 0 Å². The molecule has 4 nitrogen and oxygen atoms in total. The normalized spacial score (nSPS) is 14.2. The molecule has 0 saturated carbocycles. The van der Waals surface area contributed by atoms with E-state index >= 15 is 0 Å². The fourth-order valence-corrected chi connectivity index (χ4v) is 8.99. The Labute approximate surface area is 210 Å². The van der Waals surface area contributed by atoms with Crippen LogP contribution in [0.2, 0.25) is 5.04 Å². The summed E-state index contributed by atoms with van der Waals surface area (Å²) in [5.74, 6) is 5.40. The molecule has 0 aliphatic heterocycles. The van der Waals surface area contributed by atoms with Crippen LogP contribution in [-0.2, 0) is 14.0 Å². The maximum absolute atomic E-state index is 11.6. The van der Waals surface area contributed by atoms with Gasteiger partial charge in [-0.05, 0) is 22.3 Å². The van der Waals surface area contributed by atoms with Crippen molar-refractivity contribution in [2.24, 2.45) is 0 Å². The molecule has 0 radical (unpaired) electrons. The van der Waals surface area contributed by atoms with Crippen molar-refractivity contribution in [3.05, 3.63) is 96.6 Å². The fraction of sp³-hybridized carbons (Fsp3) is 0.300. The summed E-state index contributed by atoms with van der Waals surface area (Å²) in [4.78, 5) is 11.6. The predicted molar refractivity (Wildman–Crippen MR) is 143 cm³/mol. The molecule has 0 aliphatic carbocycles. The zero-order chi connectivity index (χ0) is 25.5. The fourth-order valence-electron chi connectivity index (χ4n) is 4.29. The largest absolute Gasteiger partial charge is 0.444 e. The number of esters is 1. The Morgan fingerprint density at radius 3 is 1.71 bits per heavy atom. The van der Waals surface area contributed by atoms with Gasteiger partial charge in [0.25, 0.3) is 8.32 Å². The summed E-state index contributed by atoms with van der Waals surface area (Å²) in [6, 6.07) is 29.9. The van der Waals surface area contributed by atoms with Crippen molar-refractivity contribution in [1.82, 2.24) is 0 Å². The van der Waals surface area contributed by atoms with Gasteiger partial charge in [0.05, 0.1) is 6.10 Å². The molecule has 0 fully saturated rings. The second kappa shape index (κ2) is 11.5. The highest BCUT2D eigenvalue weighted by molar-refractivity contribution is 6.99. The van der Waals surface area contributed by atoms with Gasteiger partial charge in [0.15, 0.2) is 6.10 Å². The first kappa shape index (κ1) is 26.4. The van der Waals surface area contributed by atoms with Crippen LogP contribution >= 0.6 is 0 Å². The van der Waals surface area contributed by atoms with Gasteiger partial charge >= 0.3 is 5.97 Å². The Bertz CT molecular complexity index is 1110. The van der Waals surface area contributed by atoms with Crippen LogP contribution in [0.3, 0.4) is 0 Å². The molecule has 0 saturated heterocycles. The first-order valence-electron chi connectivity index (χ1n) is 11.9. The maximum atomic E-state index is 11.6. The van der Waals surface area contributed by atoms with Gasteiger partial charge in [-0.2, -0.15) is 0 Å². The van der Waals surface area contributed by atoms with Crippen LogP contribution in [0.15, 0.2) is 91.0 Å². The molecular weight excluding hydrogens is 452 g/mol. The highest BCUT2D eigenvalue weighted by Crippen LogP contribution is 2.37. The van der Waals surface area contributed by atoms with Crippen LogP contribution in [-0.4, -0.2) is 31.6 Å². The monoisotopic (exact) mass is 486 g/mol. The molecule has 0 amide bonds. The lowest BCUT2D eigenvalue weighted by Crippen LogP contribution is -2.68. The van der Waals surface area contributed by atoms with Crippen molar-refractivity contribution in [2.45, 2.75) is 58.0 Å². The Kier molecular flexibility index (Phi) is 8.69. The summed E-state index contributed by atoms with van der Waals surface area (Å²) in [5.41, 5.74) is 0.753. The number of carbonyl (C=O) groups is 1. The number of aliphatic hydroxyl groups excluding tert-OH is 1. The molecule has 0 aliphatic rings. The SMILES string of the molecule is CC(=O)O[C@H](C#C[C@H](O)[C@H](C)O[Si](c1ccccc1)(c1ccccc1)C(C)(C)C)c1ccccc1. The predicted octanol–water partition coefficient (Wildman–Crippen LogP) is 4.62. The number of aliphatic hydroxyl groups is 1. The first-order valence-corrected chi connectivity index (χ1v) is 13.8. The maximum Gasteiger partial charge on any atom is 0.304 e. The Morgan fingerprint density at radius 2 is 1.29 bits per heavy atom. The molecule has 0 bridgehead atoms. The van der Waals surface area contributed by atoms with Crippen LogP contribution < -0.4 is 10.4 Å². The third-order valence-electron chi connectivity index (χ3n) is 5.97. The van der Waals surface area contributed by atoms with Gasteiger partial charge in [-0.25, -0.2) is 0 Å². The van der Waals surface area contributed by atoms with Gasteiger partial charge in [0.2, 0.25) is 0 Å². The molecule has 35 heavy (non-hydrogen) atoms. The number of hydrogen-bond donors (Lipinski definition) is 1. The lowest BCUT2D eigenvalue weighted by atomic mass is 10.1. The summed E-state index contributed by atoms with van der Waals surface area (Å²) in [5, 5.41) is 13.1. The van der Waals surface area contributed by atoms with Gasteiger partial charge in [-0.3, -0.25) is 4.79 Å². The van der Waals surface area contributed by atoms with Crippen molar-refractivity contribution in [1.29, 1.82) is 0 Å². The summed E-state index contributed by atoms with van der Waals surface area (Å²) < 4.78 is 12.3. The lowest BCUT2D eigenvalue weighted by molar-refractivity contribution is -0.144. The second-order valence-corrected chi connectivity index (χ2v) is 13.9. The molecule has 3 rings (SSSR count). The van der Waals surface area contributed by atoms with Crippen LogP contribution in [0.4, 0.5) is 0 Å². The van der Waals surface area contributed by atoms with E-state index in [1.807, 2.05) is 73.7 Å². The quantitative estimate of drug-likeness (QED) is 0.301. The smallest absolute Gasteiger partial charge is 0.304 e. The van der Waals surface area contributed by atoms with E-state index in [0.717, 1.165) is 15.9 Å². The summed E-state index contributed by atoms with van der Waals surface area (Å²) >= 11 is 0. The molecular formula is C30H34O4Si. The minimum Gasteiger partial charge on any atom is -0.444 e. The van der Waals surface area contributed by atoms with Crippen LogP contribution in [0, 0.1) is 11.8 Å². The number of hydrogen-bond acceptors (Lipinski definition) is 4. The minimum atomic E-state index is -2.83. The molecule has 182 valence electrons. The van der Waals surface area contributed by atoms with E-state index in [9.17, 15) is 9.90 Å². The van der Waals surface area contributed by atoms with Gasteiger partial charge in [-0.15, -0.1) is 0 Å². The zero-order valence-corrected chi connectivity index (χ0v) is 22.1. The molecule has 1 N–H and O–H groups in total. The molecule has 0 heterocycles. The van der Waals surface area contributed by atoms with E-state index in [1.165, 1.54) is 6.92 Å². The third kappa shape index (κ3) is 6.29. The molecule has 3 aromatic carbocycles. The topological polar surface area (TPSA) is 55.8 Å². The van der Waals surface area contributed by atoms with Crippen molar-refractivity contribution in [2.75, 3.05) is 0 Å². The summed E-state index contributed by atoms with van der Waals surface area (Å²) in [6.07, 6.45) is -2.41. The molecule has 5 heteroatoms.